The fourth-order valence-corrected chi connectivity index (χ4v) is 2.20. The van der Waals surface area contributed by atoms with Gasteiger partial charge in [-0.1, -0.05) is 0 Å². The molecule has 0 spiro atoms. The van der Waals surface area contributed by atoms with Gasteiger partial charge in [0.15, 0.2) is 0 Å². The van der Waals surface area contributed by atoms with Gasteiger partial charge < -0.3 is 10.0 Å². The van der Waals surface area contributed by atoms with Crippen LogP contribution in [0.15, 0.2) is 18.3 Å². The first-order valence-corrected chi connectivity index (χ1v) is 6.20. The zero-order valence-corrected chi connectivity index (χ0v) is 10.8. The Morgan fingerprint density at radius 2 is 2.16 bits per heavy atom. The van der Waals surface area contributed by atoms with Gasteiger partial charge in [-0.05, 0) is 19.1 Å². The van der Waals surface area contributed by atoms with Crippen LogP contribution in [0.25, 0.3) is 0 Å². The first kappa shape index (κ1) is 13.3. The highest BCUT2D eigenvalue weighted by molar-refractivity contribution is 5.72. The number of aromatic nitrogens is 1. The fourth-order valence-electron chi connectivity index (χ4n) is 2.20. The second kappa shape index (κ2) is 5.67. The molecule has 0 aliphatic carbocycles. The van der Waals surface area contributed by atoms with E-state index in [1.807, 2.05) is 17.0 Å². The molecule has 1 aliphatic heterocycles. The average Bonchev–Trinajstić information content (AvgIpc) is 2.46. The van der Waals surface area contributed by atoms with Gasteiger partial charge in [-0.2, -0.15) is 5.26 Å². The summed E-state index contributed by atoms with van der Waals surface area (Å²) in [6.45, 7) is 4.63. The molecule has 6 heteroatoms. The van der Waals surface area contributed by atoms with E-state index in [1.54, 1.807) is 19.2 Å². The molecule has 0 radical (unpaired) electrons. The monoisotopic (exact) mass is 260 g/mol. The molecule has 1 saturated heterocycles. The molecule has 0 saturated carbocycles. The molecule has 0 bridgehead atoms. The van der Waals surface area contributed by atoms with E-state index < -0.39 is 12.0 Å². The number of rotatable bonds is 3. The molecule has 1 fully saturated rings. The van der Waals surface area contributed by atoms with Crippen LogP contribution in [0.2, 0.25) is 0 Å². The summed E-state index contributed by atoms with van der Waals surface area (Å²) in [6.07, 6.45) is 1.63. The van der Waals surface area contributed by atoms with Crippen LogP contribution in [0, 0.1) is 11.3 Å². The van der Waals surface area contributed by atoms with Crippen molar-refractivity contribution in [3.63, 3.8) is 0 Å². The third-order valence-corrected chi connectivity index (χ3v) is 3.44. The van der Waals surface area contributed by atoms with Crippen LogP contribution in [0.3, 0.4) is 0 Å². The Balaban J connectivity index is 2.00. The maximum atomic E-state index is 10.9. The van der Waals surface area contributed by atoms with E-state index in [-0.39, 0.29) is 0 Å². The topological polar surface area (TPSA) is 80.5 Å². The molecule has 1 unspecified atom stereocenters. The number of carboxylic acids is 1. The van der Waals surface area contributed by atoms with Crippen LogP contribution < -0.4 is 4.90 Å². The zero-order valence-electron chi connectivity index (χ0n) is 10.8. The number of anilines is 1. The first-order chi connectivity index (χ1) is 9.11. The van der Waals surface area contributed by atoms with Gasteiger partial charge >= 0.3 is 5.97 Å². The quantitative estimate of drug-likeness (QED) is 0.854. The molecule has 1 atom stereocenters. The van der Waals surface area contributed by atoms with Crippen molar-refractivity contribution in [2.45, 2.75) is 13.0 Å². The molecule has 6 nitrogen and oxygen atoms in total. The summed E-state index contributed by atoms with van der Waals surface area (Å²) in [4.78, 5) is 19.0. The Kier molecular flexibility index (Phi) is 3.97. The minimum absolute atomic E-state index is 0.402. The molecular weight excluding hydrogens is 244 g/mol. The molecule has 1 N–H and O–H groups in total. The molecule has 2 heterocycles. The van der Waals surface area contributed by atoms with Crippen molar-refractivity contribution in [2.24, 2.45) is 0 Å². The fraction of sp³-hybridized carbons (Fsp3) is 0.462. The van der Waals surface area contributed by atoms with Crippen molar-refractivity contribution in [3.05, 3.63) is 24.0 Å². The number of nitriles is 1. The molecule has 2 rings (SSSR count). The third-order valence-electron chi connectivity index (χ3n) is 3.44. The second-order valence-electron chi connectivity index (χ2n) is 4.55. The molecule has 1 aromatic rings. The maximum absolute atomic E-state index is 10.9. The van der Waals surface area contributed by atoms with E-state index in [9.17, 15) is 4.79 Å². The summed E-state index contributed by atoms with van der Waals surface area (Å²) in [6, 6.07) is 5.21. The normalized spacial score (nSPS) is 17.8. The van der Waals surface area contributed by atoms with E-state index in [4.69, 9.17) is 10.4 Å². The third kappa shape index (κ3) is 3.01. The summed E-state index contributed by atoms with van der Waals surface area (Å²) in [7, 11) is 0. The summed E-state index contributed by atoms with van der Waals surface area (Å²) in [5, 5.41) is 17.8. The number of carboxylic acid groups (broad SMARTS) is 1. The number of piperazine rings is 1. The summed E-state index contributed by atoms with van der Waals surface area (Å²) in [5.74, 6) is -0.788. The molecule has 1 aliphatic rings. The molecule has 0 amide bonds. The van der Waals surface area contributed by atoms with Gasteiger partial charge in [0, 0.05) is 38.1 Å². The lowest BCUT2D eigenvalue weighted by Crippen LogP contribution is -2.51. The van der Waals surface area contributed by atoms with Crippen LogP contribution in [0.5, 0.6) is 0 Å². The number of carbonyl (C=O) groups is 1. The SMILES string of the molecule is CC(C(=O)O)N1CCN(c2ccnc(C#N)c2)CC1. The zero-order chi connectivity index (χ0) is 13.8. The first-order valence-electron chi connectivity index (χ1n) is 6.20. The van der Waals surface area contributed by atoms with Gasteiger partial charge in [-0.25, -0.2) is 4.98 Å². The highest BCUT2D eigenvalue weighted by atomic mass is 16.4. The van der Waals surface area contributed by atoms with E-state index in [0.29, 0.717) is 18.8 Å². The lowest BCUT2D eigenvalue weighted by atomic mass is 10.2. The van der Waals surface area contributed by atoms with E-state index >= 15 is 0 Å². The van der Waals surface area contributed by atoms with E-state index in [0.717, 1.165) is 18.8 Å². The van der Waals surface area contributed by atoms with Crippen LogP contribution in [0.4, 0.5) is 5.69 Å². The lowest BCUT2D eigenvalue weighted by molar-refractivity contribution is -0.142. The molecule has 19 heavy (non-hydrogen) atoms. The standard InChI is InChI=1S/C13H16N4O2/c1-10(13(18)19)16-4-6-17(7-5-16)12-2-3-15-11(8-12)9-14/h2-3,8,10H,4-7H2,1H3,(H,18,19). The smallest absolute Gasteiger partial charge is 0.320 e. The number of hydrogen-bond donors (Lipinski definition) is 1. The van der Waals surface area contributed by atoms with E-state index in [1.165, 1.54) is 0 Å². The van der Waals surface area contributed by atoms with Gasteiger partial charge in [0.05, 0.1) is 0 Å². The summed E-state index contributed by atoms with van der Waals surface area (Å²) >= 11 is 0. The van der Waals surface area contributed by atoms with Gasteiger partial charge in [0.1, 0.15) is 17.8 Å². The van der Waals surface area contributed by atoms with Gasteiger partial charge in [-0.3, -0.25) is 9.69 Å². The van der Waals surface area contributed by atoms with Gasteiger partial charge in [-0.15, -0.1) is 0 Å². The van der Waals surface area contributed by atoms with Crippen LogP contribution in [-0.2, 0) is 4.79 Å². The van der Waals surface area contributed by atoms with Crippen molar-refractivity contribution >= 4 is 11.7 Å². The molecule has 1 aromatic heterocycles. The second-order valence-corrected chi connectivity index (χ2v) is 4.55. The Hall–Kier alpha value is -2.13. The van der Waals surface area contributed by atoms with Crippen molar-refractivity contribution < 1.29 is 9.90 Å². The predicted molar refractivity (Wildman–Crippen MR) is 69.8 cm³/mol. The minimum atomic E-state index is -0.788. The van der Waals surface area contributed by atoms with Crippen molar-refractivity contribution in [3.8, 4) is 6.07 Å². The molecular formula is C13H16N4O2. The van der Waals surface area contributed by atoms with Gasteiger partial charge in [0.2, 0.25) is 0 Å². The average molecular weight is 260 g/mol. The Labute approximate surface area is 111 Å². The lowest BCUT2D eigenvalue weighted by Gasteiger charge is -2.37. The molecule has 0 aromatic carbocycles. The van der Waals surface area contributed by atoms with Gasteiger partial charge in [0.25, 0.3) is 0 Å². The predicted octanol–water partition coefficient (Wildman–Crippen LogP) is 0.548. The Bertz CT molecular complexity index is 504. The molecule has 100 valence electrons. The maximum Gasteiger partial charge on any atom is 0.320 e. The van der Waals surface area contributed by atoms with Crippen LogP contribution in [0.1, 0.15) is 12.6 Å². The van der Waals surface area contributed by atoms with Crippen LogP contribution >= 0.6 is 0 Å². The Morgan fingerprint density at radius 3 is 2.74 bits per heavy atom. The van der Waals surface area contributed by atoms with Crippen molar-refractivity contribution in [1.82, 2.24) is 9.88 Å². The van der Waals surface area contributed by atoms with Crippen LogP contribution in [-0.4, -0.2) is 53.2 Å². The Morgan fingerprint density at radius 1 is 1.47 bits per heavy atom. The number of nitrogens with zero attached hydrogens (tertiary/aromatic N) is 4. The van der Waals surface area contributed by atoms with Crippen molar-refractivity contribution in [1.29, 1.82) is 5.26 Å². The summed E-state index contributed by atoms with van der Waals surface area (Å²) < 4.78 is 0. The highest BCUT2D eigenvalue weighted by Gasteiger charge is 2.25. The minimum Gasteiger partial charge on any atom is -0.480 e. The van der Waals surface area contributed by atoms with Crippen molar-refractivity contribution in [2.75, 3.05) is 31.1 Å². The number of aliphatic carboxylic acids is 1. The summed E-state index contributed by atoms with van der Waals surface area (Å²) in [5.41, 5.74) is 1.37. The van der Waals surface area contributed by atoms with E-state index in [2.05, 4.69) is 9.88 Å². The largest absolute Gasteiger partial charge is 0.480 e. The number of hydrogen-bond acceptors (Lipinski definition) is 5. The number of pyridine rings is 1. The highest BCUT2D eigenvalue weighted by Crippen LogP contribution is 2.17.